The van der Waals surface area contributed by atoms with Gasteiger partial charge in [-0.05, 0) is 86.5 Å². The van der Waals surface area contributed by atoms with E-state index in [2.05, 4.69) is 44.2 Å². The summed E-state index contributed by atoms with van der Waals surface area (Å²) in [5.74, 6) is 1.04. The first-order valence-electron chi connectivity index (χ1n) is 13.0. The molecule has 0 bridgehead atoms. The average molecular weight is 529 g/mol. The molecule has 10 nitrogen and oxygen atoms in total. The fourth-order valence-corrected chi connectivity index (χ4v) is 5.27. The van der Waals surface area contributed by atoms with Crippen LogP contribution in [0.1, 0.15) is 36.8 Å². The molecule has 0 saturated carbocycles. The van der Waals surface area contributed by atoms with Crippen LogP contribution in [-0.4, -0.2) is 64.2 Å². The lowest BCUT2D eigenvalue weighted by atomic mass is 9.86. The number of aryl methyl sites for hydroxylation is 1. The Morgan fingerprint density at radius 3 is 2.62 bits per heavy atom. The number of rotatable bonds is 7. The number of carbonyl (C=O) groups is 1. The minimum Gasteiger partial charge on any atom is -0.480 e. The SMILES string of the molecule is COC(=O)C(C)N1CCC(c2ccc(Nc3nc(-c4cncc(OC)n4)cc4cc[nH]c(=O)c34)cc2C)CC1. The summed E-state index contributed by atoms with van der Waals surface area (Å²) >= 11 is 0. The summed E-state index contributed by atoms with van der Waals surface area (Å²) in [5.41, 5.74) is 4.17. The molecular formula is C29H32N6O4. The van der Waals surface area contributed by atoms with Crippen LogP contribution in [0.25, 0.3) is 22.2 Å². The van der Waals surface area contributed by atoms with Crippen LogP contribution < -0.4 is 15.6 Å². The maximum Gasteiger partial charge on any atom is 0.322 e. The smallest absolute Gasteiger partial charge is 0.322 e. The van der Waals surface area contributed by atoms with E-state index >= 15 is 0 Å². The van der Waals surface area contributed by atoms with Crippen LogP contribution in [0, 0.1) is 6.92 Å². The monoisotopic (exact) mass is 528 g/mol. The predicted octanol–water partition coefficient (Wildman–Crippen LogP) is 4.18. The molecule has 4 heterocycles. The predicted molar refractivity (Wildman–Crippen MR) is 149 cm³/mol. The van der Waals surface area contributed by atoms with Crippen LogP contribution in [0.2, 0.25) is 0 Å². The van der Waals surface area contributed by atoms with Gasteiger partial charge >= 0.3 is 5.97 Å². The van der Waals surface area contributed by atoms with Gasteiger partial charge in [-0.2, -0.15) is 0 Å². The number of H-pyrrole nitrogens is 1. The van der Waals surface area contributed by atoms with Gasteiger partial charge in [0.05, 0.1) is 37.7 Å². The highest BCUT2D eigenvalue weighted by molar-refractivity contribution is 5.94. The fourth-order valence-electron chi connectivity index (χ4n) is 5.27. The number of aromatic amines is 1. The number of ether oxygens (including phenoxy) is 2. The number of methoxy groups -OCH3 is 2. The highest BCUT2D eigenvalue weighted by Crippen LogP contribution is 2.33. The zero-order chi connectivity index (χ0) is 27.5. The van der Waals surface area contributed by atoms with Crippen LogP contribution >= 0.6 is 0 Å². The summed E-state index contributed by atoms with van der Waals surface area (Å²) in [5, 5.41) is 4.57. The third-order valence-electron chi connectivity index (χ3n) is 7.43. The molecule has 0 spiro atoms. The van der Waals surface area contributed by atoms with Crippen molar-refractivity contribution in [2.24, 2.45) is 0 Å². The number of fused-ring (bicyclic) bond motifs is 1. The second-order valence-electron chi connectivity index (χ2n) is 9.78. The Morgan fingerprint density at radius 1 is 1.10 bits per heavy atom. The van der Waals surface area contributed by atoms with Crippen molar-refractivity contribution in [1.29, 1.82) is 0 Å². The second kappa shape index (κ2) is 11.2. The summed E-state index contributed by atoms with van der Waals surface area (Å²) in [4.78, 5) is 43.1. The number of aromatic nitrogens is 4. The summed E-state index contributed by atoms with van der Waals surface area (Å²) in [6.45, 7) is 5.69. The van der Waals surface area contributed by atoms with Gasteiger partial charge in [-0.1, -0.05) is 6.07 Å². The summed E-state index contributed by atoms with van der Waals surface area (Å²) in [7, 11) is 2.97. The molecule has 1 atom stereocenters. The quantitative estimate of drug-likeness (QED) is 0.340. The van der Waals surface area contributed by atoms with Crippen LogP contribution in [0.4, 0.5) is 11.5 Å². The van der Waals surface area contributed by atoms with E-state index in [1.54, 1.807) is 12.4 Å². The number of anilines is 2. The van der Waals surface area contributed by atoms with E-state index in [0.29, 0.717) is 34.4 Å². The van der Waals surface area contributed by atoms with Gasteiger partial charge in [0, 0.05) is 11.9 Å². The van der Waals surface area contributed by atoms with E-state index in [1.165, 1.54) is 26.0 Å². The highest BCUT2D eigenvalue weighted by Gasteiger charge is 2.28. The summed E-state index contributed by atoms with van der Waals surface area (Å²) < 4.78 is 10.1. The van der Waals surface area contributed by atoms with E-state index < -0.39 is 0 Å². The summed E-state index contributed by atoms with van der Waals surface area (Å²) in [6.07, 6.45) is 6.71. The molecule has 1 aromatic carbocycles. The molecular weight excluding hydrogens is 496 g/mol. The minimum atomic E-state index is -0.230. The van der Waals surface area contributed by atoms with Crippen molar-refractivity contribution in [3.63, 3.8) is 0 Å². The number of hydrogen-bond donors (Lipinski definition) is 2. The molecule has 4 aromatic rings. The standard InChI is InChI=1S/C29H32N6O4/c1-17-13-21(5-6-22(17)19-8-11-35(12-9-19)18(2)29(37)39-4)32-27-26-20(7-10-31-28(26)36)14-23(34-27)24-15-30-16-25(33-24)38-3/h5-7,10,13-16,18-19H,8-9,11-12H2,1-4H3,(H,31,36)(H,32,34). The Bertz CT molecular complexity index is 1560. The Morgan fingerprint density at radius 2 is 1.90 bits per heavy atom. The number of pyridine rings is 2. The fraction of sp³-hybridized carbons (Fsp3) is 0.345. The van der Waals surface area contributed by atoms with Crippen LogP contribution in [-0.2, 0) is 9.53 Å². The van der Waals surface area contributed by atoms with Crippen molar-refractivity contribution in [3.05, 3.63) is 70.4 Å². The average Bonchev–Trinajstić information content (AvgIpc) is 2.96. The van der Waals surface area contributed by atoms with E-state index in [9.17, 15) is 9.59 Å². The van der Waals surface area contributed by atoms with Gasteiger partial charge in [-0.25, -0.2) is 9.97 Å². The van der Waals surface area contributed by atoms with E-state index in [0.717, 1.165) is 42.6 Å². The summed E-state index contributed by atoms with van der Waals surface area (Å²) in [6, 6.07) is 9.68. The van der Waals surface area contributed by atoms with Gasteiger partial charge in [0.2, 0.25) is 5.88 Å². The minimum absolute atomic E-state index is 0.192. The number of carbonyl (C=O) groups excluding carboxylic acids is 1. The molecule has 1 aliphatic rings. The maximum absolute atomic E-state index is 12.8. The van der Waals surface area contributed by atoms with E-state index in [1.807, 2.05) is 25.1 Å². The van der Waals surface area contributed by atoms with Crippen molar-refractivity contribution in [1.82, 2.24) is 24.8 Å². The molecule has 2 N–H and O–H groups in total. The normalized spacial score (nSPS) is 15.2. The zero-order valence-electron chi connectivity index (χ0n) is 22.5. The topological polar surface area (TPSA) is 122 Å². The molecule has 3 aromatic heterocycles. The lowest BCUT2D eigenvalue weighted by Gasteiger charge is -2.35. The number of nitrogens with one attached hydrogen (secondary N) is 2. The number of likely N-dealkylation sites (tertiary alicyclic amines) is 1. The Hall–Kier alpha value is -4.31. The molecule has 0 radical (unpaired) electrons. The Kier molecular flexibility index (Phi) is 7.56. The van der Waals surface area contributed by atoms with Gasteiger partial charge in [0.15, 0.2) is 0 Å². The molecule has 10 heteroatoms. The molecule has 1 fully saturated rings. The van der Waals surface area contributed by atoms with Crippen LogP contribution in [0.15, 0.2) is 53.7 Å². The first-order valence-corrected chi connectivity index (χ1v) is 13.0. The van der Waals surface area contributed by atoms with E-state index in [4.69, 9.17) is 14.5 Å². The highest BCUT2D eigenvalue weighted by atomic mass is 16.5. The lowest BCUT2D eigenvalue weighted by molar-refractivity contribution is -0.146. The molecule has 202 valence electrons. The molecule has 1 saturated heterocycles. The lowest BCUT2D eigenvalue weighted by Crippen LogP contribution is -2.44. The molecule has 5 rings (SSSR count). The maximum atomic E-state index is 12.8. The first kappa shape index (κ1) is 26.3. The van der Waals surface area contributed by atoms with Gasteiger partial charge in [-0.15, -0.1) is 0 Å². The number of benzene rings is 1. The molecule has 0 amide bonds. The van der Waals surface area contributed by atoms with Gasteiger partial charge < -0.3 is 19.8 Å². The van der Waals surface area contributed by atoms with Gasteiger partial charge in [0.1, 0.15) is 17.6 Å². The number of hydrogen-bond acceptors (Lipinski definition) is 9. The van der Waals surface area contributed by atoms with Crippen LogP contribution in [0.5, 0.6) is 5.88 Å². The van der Waals surface area contributed by atoms with Crippen LogP contribution in [0.3, 0.4) is 0 Å². The zero-order valence-corrected chi connectivity index (χ0v) is 22.5. The van der Waals surface area contributed by atoms with Crippen molar-refractivity contribution < 1.29 is 14.3 Å². The number of nitrogens with zero attached hydrogens (tertiary/aromatic N) is 4. The largest absolute Gasteiger partial charge is 0.480 e. The third kappa shape index (κ3) is 5.46. The molecule has 39 heavy (non-hydrogen) atoms. The van der Waals surface area contributed by atoms with E-state index in [-0.39, 0.29) is 17.6 Å². The second-order valence-corrected chi connectivity index (χ2v) is 9.78. The Balaban J connectivity index is 1.41. The molecule has 1 aliphatic heterocycles. The third-order valence-corrected chi connectivity index (χ3v) is 7.43. The Labute approximate surface area is 226 Å². The van der Waals surface area contributed by atoms with Gasteiger partial charge in [0.25, 0.3) is 5.56 Å². The van der Waals surface area contributed by atoms with Crippen molar-refractivity contribution >= 4 is 28.2 Å². The number of piperidine rings is 1. The molecule has 1 unspecified atom stereocenters. The van der Waals surface area contributed by atoms with Gasteiger partial charge in [-0.3, -0.25) is 19.5 Å². The van der Waals surface area contributed by atoms with Crippen molar-refractivity contribution in [3.8, 4) is 17.3 Å². The molecule has 0 aliphatic carbocycles. The number of esters is 1. The van der Waals surface area contributed by atoms with Crippen molar-refractivity contribution in [2.45, 2.75) is 38.6 Å². The van der Waals surface area contributed by atoms with Crippen molar-refractivity contribution in [2.75, 3.05) is 32.6 Å². The first-order chi connectivity index (χ1) is 18.9.